The van der Waals surface area contributed by atoms with Gasteiger partial charge in [-0.2, -0.15) is 0 Å². The Morgan fingerprint density at radius 1 is 0.829 bits per heavy atom. The molecule has 4 rings (SSSR count). The summed E-state index contributed by atoms with van der Waals surface area (Å²) in [7, 11) is 0. The predicted octanol–water partition coefficient (Wildman–Crippen LogP) is 8.98. The molecule has 0 spiro atoms. The highest BCUT2D eigenvalue weighted by Crippen LogP contribution is 2.48. The van der Waals surface area contributed by atoms with Crippen LogP contribution in [-0.2, 0) is 0 Å². The Hall–Kier alpha value is -2.30. The third-order valence-electron chi connectivity index (χ3n) is 8.22. The van der Waals surface area contributed by atoms with Crippen molar-refractivity contribution >= 4 is 5.97 Å². The first-order valence-electron chi connectivity index (χ1n) is 13.4. The van der Waals surface area contributed by atoms with Crippen molar-refractivity contribution in [1.29, 1.82) is 0 Å². The van der Waals surface area contributed by atoms with Gasteiger partial charge in [-0.05, 0) is 85.6 Å². The van der Waals surface area contributed by atoms with Crippen LogP contribution in [0.15, 0.2) is 36.4 Å². The van der Waals surface area contributed by atoms with Gasteiger partial charge in [0.25, 0.3) is 0 Å². The van der Waals surface area contributed by atoms with Gasteiger partial charge in [-0.3, -0.25) is 0 Å². The van der Waals surface area contributed by atoms with E-state index in [1.807, 2.05) is 0 Å². The number of hydrogen-bond donors (Lipinski definition) is 0. The van der Waals surface area contributed by atoms with E-state index in [1.54, 1.807) is 12.1 Å². The van der Waals surface area contributed by atoms with E-state index >= 15 is 4.39 Å². The van der Waals surface area contributed by atoms with E-state index in [4.69, 9.17) is 4.74 Å². The van der Waals surface area contributed by atoms with Crippen LogP contribution in [-0.4, -0.2) is 5.97 Å². The van der Waals surface area contributed by atoms with Crippen molar-refractivity contribution in [3.05, 3.63) is 65.0 Å². The first-order valence-corrected chi connectivity index (χ1v) is 13.4. The monoisotopic (exact) mass is 486 g/mol. The molecule has 2 aliphatic carbocycles. The highest BCUT2D eigenvalue weighted by Gasteiger charge is 2.36. The van der Waals surface area contributed by atoms with E-state index in [1.165, 1.54) is 69.9 Å². The summed E-state index contributed by atoms with van der Waals surface area (Å²) < 4.78 is 46.6. The minimum absolute atomic E-state index is 0.0594. The van der Waals surface area contributed by atoms with E-state index < -0.39 is 23.4 Å². The van der Waals surface area contributed by atoms with Gasteiger partial charge in [-0.15, -0.1) is 0 Å². The molecule has 2 saturated carbocycles. The summed E-state index contributed by atoms with van der Waals surface area (Å²) in [6.45, 7) is 2.26. The first kappa shape index (κ1) is 25.8. The molecule has 0 N–H and O–H groups in total. The highest BCUT2D eigenvalue weighted by atomic mass is 19.2. The molecular formula is C30H37F3O2. The van der Waals surface area contributed by atoms with Gasteiger partial charge in [0.1, 0.15) is 11.6 Å². The lowest BCUT2D eigenvalue weighted by atomic mass is 9.63. The molecule has 0 amide bonds. The van der Waals surface area contributed by atoms with Crippen LogP contribution >= 0.6 is 0 Å². The summed E-state index contributed by atoms with van der Waals surface area (Å²) in [5, 5.41) is 0. The zero-order valence-electron chi connectivity index (χ0n) is 20.7. The number of fused-ring (bicyclic) bond motifs is 1. The molecule has 2 fully saturated rings. The van der Waals surface area contributed by atoms with Gasteiger partial charge in [0.15, 0.2) is 11.6 Å². The molecule has 5 heteroatoms. The van der Waals surface area contributed by atoms with Crippen LogP contribution in [0, 0.1) is 35.2 Å². The maximum absolute atomic E-state index is 15.0. The fourth-order valence-corrected chi connectivity index (χ4v) is 6.26. The second-order valence-electron chi connectivity index (χ2n) is 10.6. The van der Waals surface area contributed by atoms with Crippen LogP contribution in [0.25, 0.3) is 0 Å². The van der Waals surface area contributed by atoms with E-state index in [-0.39, 0.29) is 17.2 Å². The number of halogens is 3. The zero-order chi connectivity index (χ0) is 24.8. The largest absolute Gasteiger partial charge is 0.423 e. The second-order valence-corrected chi connectivity index (χ2v) is 10.6. The quantitative estimate of drug-likeness (QED) is 0.201. The minimum Gasteiger partial charge on any atom is -0.423 e. The Bertz CT molecular complexity index is 1010. The maximum atomic E-state index is 15.0. The molecule has 0 saturated heterocycles. The predicted molar refractivity (Wildman–Crippen MR) is 132 cm³/mol. The number of rotatable bonds is 9. The normalized spacial score (nSPS) is 24.1. The van der Waals surface area contributed by atoms with Crippen LogP contribution in [0.1, 0.15) is 106 Å². The Morgan fingerprint density at radius 2 is 1.60 bits per heavy atom. The lowest BCUT2D eigenvalue weighted by Gasteiger charge is -2.42. The first-order chi connectivity index (χ1) is 16.9. The second kappa shape index (κ2) is 12.1. The zero-order valence-corrected chi connectivity index (χ0v) is 20.7. The molecular weight excluding hydrogens is 449 g/mol. The van der Waals surface area contributed by atoms with Gasteiger partial charge < -0.3 is 4.74 Å². The Balaban J connectivity index is 1.30. The van der Waals surface area contributed by atoms with Crippen LogP contribution in [0.4, 0.5) is 13.2 Å². The molecule has 2 aromatic rings. The van der Waals surface area contributed by atoms with Gasteiger partial charge in [0.2, 0.25) is 0 Å². The van der Waals surface area contributed by atoms with Gasteiger partial charge in [-0.1, -0.05) is 57.9 Å². The molecule has 35 heavy (non-hydrogen) atoms. The molecule has 4 atom stereocenters. The fraction of sp³-hybridized carbons (Fsp3) is 0.567. The molecule has 0 aliphatic heterocycles. The topological polar surface area (TPSA) is 26.3 Å². The van der Waals surface area contributed by atoms with Gasteiger partial charge >= 0.3 is 5.97 Å². The summed E-state index contributed by atoms with van der Waals surface area (Å²) in [5.41, 5.74) is 0.731. The minimum atomic E-state index is -1.10. The number of ether oxygens (including phenoxy) is 1. The third-order valence-corrected chi connectivity index (χ3v) is 8.22. The summed E-state index contributed by atoms with van der Waals surface area (Å²) in [4.78, 5) is 12.4. The van der Waals surface area contributed by atoms with Crippen molar-refractivity contribution in [1.82, 2.24) is 0 Å². The van der Waals surface area contributed by atoms with Crippen molar-refractivity contribution in [2.45, 2.75) is 89.9 Å². The molecule has 0 bridgehead atoms. The van der Waals surface area contributed by atoms with Crippen LogP contribution in [0.2, 0.25) is 0 Å². The smallest absolute Gasteiger partial charge is 0.343 e. The Kier molecular flexibility index (Phi) is 8.91. The van der Waals surface area contributed by atoms with Crippen molar-refractivity contribution in [3.8, 4) is 5.75 Å². The van der Waals surface area contributed by atoms with Gasteiger partial charge in [0.05, 0.1) is 5.56 Å². The van der Waals surface area contributed by atoms with E-state index in [0.29, 0.717) is 11.5 Å². The number of carbonyl (C=O) groups excluding carboxylic acids is 1. The van der Waals surface area contributed by atoms with Crippen molar-refractivity contribution in [2.24, 2.45) is 17.8 Å². The molecule has 0 aromatic heterocycles. The SMILES string of the molecule is CCCCCCC[C@H]1CC[C@@H]2CC(c3ccc(C(=O)Oc4ccc(F)c(F)c4)cc3F)CC[C@H]2C1. The molecule has 2 aromatic carbocycles. The molecule has 0 heterocycles. The van der Waals surface area contributed by atoms with Crippen molar-refractivity contribution in [2.75, 3.05) is 0 Å². The highest BCUT2D eigenvalue weighted by molar-refractivity contribution is 5.91. The number of hydrogen-bond acceptors (Lipinski definition) is 2. The average molecular weight is 487 g/mol. The molecule has 0 radical (unpaired) electrons. The number of unbranched alkanes of at least 4 members (excludes halogenated alkanes) is 4. The molecule has 2 aliphatic rings. The summed E-state index contributed by atoms with van der Waals surface area (Å²) in [6.07, 6.45) is 15.2. The van der Waals surface area contributed by atoms with Crippen LogP contribution in [0.3, 0.4) is 0 Å². The molecule has 190 valence electrons. The number of esters is 1. The van der Waals surface area contributed by atoms with Crippen molar-refractivity contribution in [3.63, 3.8) is 0 Å². The van der Waals surface area contributed by atoms with E-state index in [2.05, 4.69) is 6.92 Å². The van der Waals surface area contributed by atoms with Crippen molar-refractivity contribution < 1.29 is 22.7 Å². The van der Waals surface area contributed by atoms with E-state index in [9.17, 15) is 13.6 Å². The van der Waals surface area contributed by atoms with Crippen LogP contribution < -0.4 is 4.74 Å². The standard InChI is InChI=1S/C30H37F3O2/c1-2-3-4-5-6-7-20-8-9-22-17-23(11-10-21(22)16-20)26-14-12-24(18-28(26)32)30(34)35-25-13-15-27(31)29(33)19-25/h12-15,18-23H,2-11,16-17H2,1H3/t20-,21-,22+,23?/m0/s1. The third kappa shape index (κ3) is 6.68. The Labute approximate surface area is 207 Å². The molecule has 2 nitrogen and oxygen atoms in total. The number of benzene rings is 2. The average Bonchev–Trinajstić information content (AvgIpc) is 2.85. The van der Waals surface area contributed by atoms with Gasteiger partial charge in [-0.25, -0.2) is 18.0 Å². The maximum Gasteiger partial charge on any atom is 0.343 e. The molecule has 1 unspecified atom stereocenters. The fourth-order valence-electron chi connectivity index (χ4n) is 6.26. The summed E-state index contributed by atoms with van der Waals surface area (Å²) in [6, 6.07) is 7.34. The van der Waals surface area contributed by atoms with Crippen LogP contribution in [0.5, 0.6) is 5.75 Å². The lowest BCUT2D eigenvalue weighted by molar-refractivity contribution is 0.0733. The van der Waals surface area contributed by atoms with Gasteiger partial charge in [0, 0.05) is 6.07 Å². The lowest BCUT2D eigenvalue weighted by Crippen LogP contribution is -2.30. The van der Waals surface area contributed by atoms with E-state index in [0.717, 1.165) is 43.2 Å². The number of carbonyl (C=O) groups is 1. The summed E-state index contributed by atoms with van der Waals surface area (Å²) >= 11 is 0. The summed E-state index contributed by atoms with van der Waals surface area (Å²) in [5.74, 6) is -0.944. The Morgan fingerprint density at radius 3 is 2.37 bits per heavy atom.